The van der Waals surface area contributed by atoms with Crippen LogP contribution >= 0.6 is 0 Å². The first-order chi connectivity index (χ1) is 19.4. The number of amides is 2. The molecule has 2 heterocycles. The lowest BCUT2D eigenvalue weighted by Gasteiger charge is -2.34. The van der Waals surface area contributed by atoms with E-state index in [9.17, 15) is 9.59 Å². The third-order valence-electron chi connectivity index (χ3n) is 8.77. The number of aryl methyl sites for hydroxylation is 2. The largest absolute Gasteiger partial charge is 0.385 e. The van der Waals surface area contributed by atoms with Crippen molar-refractivity contribution in [3.05, 3.63) is 65.4 Å². The van der Waals surface area contributed by atoms with Crippen LogP contribution in [0.25, 0.3) is 10.9 Å². The highest BCUT2D eigenvalue weighted by Gasteiger charge is 2.39. The summed E-state index contributed by atoms with van der Waals surface area (Å²) in [5.74, 6) is 1.19. The van der Waals surface area contributed by atoms with Crippen molar-refractivity contribution in [3.63, 3.8) is 0 Å². The predicted octanol–water partition coefficient (Wildman–Crippen LogP) is 5.25. The van der Waals surface area contributed by atoms with E-state index in [-0.39, 0.29) is 23.8 Å². The number of piperidine rings is 1. The number of nitrogens with zero attached hydrogens (tertiary/aromatic N) is 2. The Morgan fingerprint density at radius 2 is 1.90 bits per heavy atom. The van der Waals surface area contributed by atoms with E-state index in [4.69, 9.17) is 10.5 Å². The van der Waals surface area contributed by atoms with Gasteiger partial charge in [-0.2, -0.15) is 0 Å². The van der Waals surface area contributed by atoms with Crippen molar-refractivity contribution < 1.29 is 14.3 Å². The lowest BCUT2D eigenvalue weighted by Crippen LogP contribution is -2.42. The average Bonchev–Trinajstić information content (AvgIpc) is 3.63. The Balaban J connectivity index is 1.20. The number of nitrogens with two attached hydrogens (primary N) is 1. The summed E-state index contributed by atoms with van der Waals surface area (Å²) < 4.78 is 7.80. The summed E-state index contributed by atoms with van der Waals surface area (Å²) in [5.41, 5.74) is 12.3. The second kappa shape index (κ2) is 12.6. The van der Waals surface area contributed by atoms with Crippen LogP contribution in [0.4, 0.5) is 5.69 Å². The number of ether oxygens (including phenoxy) is 1. The number of nitrogens with one attached hydrogen (secondary N) is 1. The molecule has 7 nitrogen and oxygen atoms in total. The summed E-state index contributed by atoms with van der Waals surface area (Å²) in [5, 5.41) is 4.30. The number of methoxy groups -OCH3 is 1. The van der Waals surface area contributed by atoms with Gasteiger partial charge in [0, 0.05) is 79.9 Å². The van der Waals surface area contributed by atoms with Crippen molar-refractivity contribution >= 4 is 28.4 Å². The van der Waals surface area contributed by atoms with Gasteiger partial charge in [0.2, 0.25) is 11.8 Å². The van der Waals surface area contributed by atoms with Gasteiger partial charge in [-0.3, -0.25) is 9.59 Å². The Labute approximate surface area is 238 Å². The fourth-order valence-corrected chi connectivity index (χ4v) is 6.43. The van der Waals surface area contributed by atoms with Crippen LogP contribution in [0.2, 0.25) is 0 Å². The van der Waals surface area contributed by atoms with Gasteiger partial charge in [-0.1, -0.05) is 37.3 Å². The van der Waals surface area contributed by atoms with Crippen LogP contribution in [0, 0.1) is 18.8 Å². The molecule has 1 aliphatic carbocycles. The molecule has 2 amide bonds. The average molecular weight is 545 g/mol. The van der Waals surface area contributed by atoms with Crippen molar-refractivity contribution in [2.24, 2.45) is 17.6 Å². The van der Waals surface area contributed by atoms with Crippen LogP contribution in [0.15, 0.2) is 48.5 Å². The highest BCUT2D eigenvalue weighted by molar-refractivity contribution is 5.94. The van der Waals surface area contributed by atoms with Crippen LogP contribution in [-0.4, -0.2) is 54.1 Å². The predicted molar refractivity (Wildman–Crippen MR) is 160 cm³/mol. The number of hydrogen-bond acceptors (Lipinski definition) is 4. The molecule has 2 aliphatic rings. The number of carbonyl (C=O) groups is 2. The summed E-state index contributed by atoms with van der Waals surface area (Å²) in [6.07, 6.45) is 4.97. The van der Waals surface area contributed by atoms with E-state index < -0.39 is 0 Å². The van der Waals surface area contributed by atoms with Gasteiger partial charge in [0.05, 0.1) is 0 Å². The number of hydrogen-bond donors (Lipinski definition) is 2. The molecule has 0 spiro atoms. The van der Waals surface area contributed by atoms with E-state index in [1.165, 1.54) is 22.2 Å². The molecule has 3 N–H and O–H groups in total. The maximum Gasteiger partial charge on any atom is 0.227 e. The SMILES string of the molecule is COCCCn1c(C2CCCN(C(=O)C[C@H](N)Cc3ccc(NC(=O)C4CC4C)cc3)C2)c(C)c2ccccc21. The summed E-state index contributed by atoms with van der Waals surface area (Å²) in [6, 6.07) is 16.2. The van der Waals surface area contributed by atoms with Crippen molar-refractivity contribution in [1.29, 1.82) is 0 Å². The van der Waals surface area contributed by atoms with E-state index in [0.29, 0.717) is 24.7 Å². The molecule has 214 valence electrons. The van der Waals surface area contributed by atoms with Crippen LogP contribution in [-0.2, 0) is 27.3 Å². The zero-order valence-electron chi connectivity index (χ0n) is 24.2. The molecule has 2 fully saturated rings. The van der Waals surface area contributed by atoms with Gasteiger partial charge < -0.3 is 25.3 Å². The van der Waals surface area contributed by atoms with Crippen molar-refractivity contribution in [2.75, 3.05) is 32.1 Å². The number of para-hydroxylation sites is 1. The maximum atomic E-state index is 13.4. The molecule has 1 aliphatic heterocycles. The normalized spacial score (nSPS) is 21.4. The van der Waals surface area contributed by atoms with E-state index >= 15 is 0 Å². The van der Waals surface area contributed by atoms with E-state index in [1.54, 1.807) is 7.11 Å². The van der Waals surface area contributed by atoms with Gasteiger partial charge >= 0.3 is 0 Å². The fourth-order valence-electron chi connectivity index (χ4n) is 6.43. The van der Waals surface area contributed by atoms with Crippen LogP contribution in [0.5, 0.6) is 0 Å². The minimum Gasteiger partial charge on any atom is -0.385 e. The Bertz CT molecular complexity index is 1330. The highest BCUT2D eigenvalue weighted by Crippen LogP contribution is 2.38. The molecule has 1 saturated carbocycles. The quantitative estimate of drug-likeness (QED) is 0.323. The smallest absolute Gasteiger partial charge is 0.227 e. The standard InChI is InChI=1S/C33H44N4O3/c1-22-18-29(22)33(39)35-27-13-11-24(12-14-27)19-26(34)20-31(38)36-15-6-8-25(21-36)32-23(2)28-9-4-5-10-30(28)37(32)16-7-17-40-3/h4-5,9-14,22,25-26,29H,6-8,15-21,34H2,1-3H3,(H,35,39)/t22?,25?,26-,29?/m1/s1. The van der Waals surface area contributed by atoms with Gasteiger partial charge in [0.15, 0.2) is 0 Å². The molecular weight excluding hydrogens is 500 g/mol. The molecule has 3 unspecified atom stereocenters. The highest BCUT2D eigenvalue weighted by atomic mass is 16.5. The third-order valence-corrected chi connectivity index (χ3v) is 8.77. The molecule has 0 bridgehead atoms. The summed E-state index contributed by atoms with van der Waals surface area (Å²) in [7, 11) is 1.75. The number of benzene rings is 2. The van der Waals surface area contributed by atoms with Crippen LogP contribution in [0.3, 0.4) is 0 Å². The molecule has 7 heteroatoms. The lowest BCUT2D eigenvalue weighted by atomic mass is 9.91. The van der Waals surface area contributed by atoms with Crippen LogP contribution < -0.4 is 11.1 Å². The number of rotatable bonds is 11. The van der Waals surface area contributed by atoms with Gasteiger partial charge in [0.1, 0.15) is 0 Å². The second-order valence-corrected chi connectivity index (χ2v) is 11.9. The molecule has 2 aromatic carbocycles. The first kappa shape index (κ1) is 28.4. The van der Waals surface area contributed by atoms with Gasteiger partial charge in [-0.25, -0.2) is 0 Å². The molecule has 5 rings (SSSR count). The summed E-state index contributed by atoms with van der Waals surface area (Å²) >= 11 is 0. The summed E-state index contributed by atoms with van der Waals surface area (Å²) in [4.78, 5) is 27.6. The Kier molecular flexibility index (Phi) is 8.91. The third kappa shape index (κ3) is 6.42. The fraction of sp³-hybridized carbons (Fsp3) is 0.515. The first-order valence-electron chi connectivity index (χ1n) is 14.9. The molecule has 3 aromatic rings. The molecule has 0 radical (unpaired) electrons. The molecule has 40 heavy (non-hydrogen) atoms. The summed E-state index contributed by atoms with van der Waals surface area (Å²) in [6.45, 7) is 7.50. The minimum atomic E-state index is -0.247. The Hall–Kier alpha value is -3.16. The number of carbonyl (C=O) groups excluding carboxylic acids is 2. The lowest BCUT2D eigenvalue weighted by molar-refractivity contribution is -0.132. The molecular formula is C33H44N4O3. The van der Waals surface area contributed by atoms with Gasteiger partial charge in [0.25, 0.3) is 0 Å². The zero-order valence-corrected chi connectivity index (χ0v) is 24.2. The van der Waals surface area contributed by atoms with E-state index in [0.717, 1.165) is 63.2 Å². The van der Waals surface area contributed by atoms with E-state index in [1.807, 2.05) is 29.2 Å². The monoisotopic (exact) mass is 544 g/mol. The molecule has 1 aromatic heterocycles. The zero-order chi connectivity index (χ0) is 28.2. The Morgan fingerprint density at radius 3 is 2.62 bits per heavy atom. The molecule has 4 atom stereocenters. The van der Waals surface area contributed by atoms with Gasteiger partial charge in [-0.15, -0.1) is 0 Å². The number of fused-ring (bicyclic) bond motifs is 1. The molecule has 1 saturated heterocycles. The Morgan fingerprint density at radius 1 is 1.15 bits per heavy atom. The van der Waals surface area contributed by atoms with Gasteiger partial charge in [-0.05, 0) is 74.3 Å². The van der Waals surface area contributed by atoms with Crippen molar-refractivity contribution in [2.45, 2.75) is 70.9 Å². The number of anilines is 1. The van der Waals surface area contributed by atoms with E-state index in [2.05, 4.69) is 48.0 Å². The van der Waals surface area contributed by atoms with Crippen molar-refractivity contribution in [1.82, 2.24) is 9.47 Å². The number of aromatic nitrogens is 1. The minimum absolute atomic E-state index is 0.105. The maximum absolute atomic E-state index is 13.4. The van der Waals surface area contributed by atoms with Crippen molar-refractivity contribution in [3.8, 4) is 0 Å². The topological polar surface area (TPSA) is 89.6 Å². The first-order valence-corrected chi connectivity index (χ1v) is 14.9. The number of likely N-dealkylation sites (tertiary alicyclic amines) is 1. The van der Waals surface area contributed by atoms with Crippen LogP contribution in [0.1, 0.15) is 61.8 Å². The second-order valence-electron chi connectivity index (χ2n) is 11.9.